The third-order valence-electron chi connectivity index (χ3n) is 5.64. The average molecular weight is 475 g/mol. The number of sulfonamides is 1. The molecule has 1 saturated heterocycles. The van der Waals surface area contributed by atoms with Gasteiger partial charge in [0.2, 0.25) is 10.0 Å². The van der Waals surface area contributed by atoms with Crippen molar-refractivity contribution in [2.24, 2.45) is 0 Å². The minimum atomic E-state index is -3.54. The fourth-order valence-electron chi connectivity index (χ4n) is 4.17. The summed E-state index contributed by atoms with van der Waals surface area (Å²) in [4.78, 5) is 16.5. The maximum atomic E-state index is 13.6. The topological polar surface area (TPSA) is 85.7 Å². The van der Waals surface area contributed by atoms with E-state index in [9.17, 15) is 12.8 Å². The van der Waals surface area contributed by atoms with Crippen molar-refractivity contribution in [2.45, 2.75) is 50.7 Å². The van der Waals surface area contributed by atoms with E-state index in [-0.39, 0.29) is 29.0 Å². The first-order valence-corrected chi connectivity index (χ1v) is 12.1. The molecule has 1 aliphatic heterocycles. The van der Waals surface area contributed by atoms with Crippen molar-refractivity contribution < 1.29 is 27.1 Å². The molecular weight excluding hydrogens is 447 g/mol. The van der Waals surface area contributed by atoms with Crippen LogP contribution in [0.5, 0.6) is 5.75 Å². The molecule has 2 aromatic carbocycles. The minimum Gasteiger partial charge on any atom is -0.491 e. The number of aromatic nitrogens is 1. The van der Waals surface area contributed by atoms with Crippen molar-refractivity contribution in [3.8, 4) is 5.75 Å². The van der Waals surface area contributed by atoms with Crippen LogP contribution in [-0.2, 0) is 19.6 Å². The van der Waals surface area contributed by atoms with Gasteiger partial charge in [-0.15, -0.1) is 0 Å². The molecule has 33 heavy (non-hydrogen) atoms. The standard InChI is InChI=1S/C23H27FN2O3S.CO2/c1-16(2)29-20-5-7-21(8-6-20)30(27,28)25-12-10-19(11-13-25)26-15-17(3)22-14-18(24)4-9-23(22)26;2-1-3/h4-9,14-16,19H,10-13H2,1-3H3;. The molecule has 0 amide bonds. The summed E-state index contributed by atoms with van der Waals surface area (Å²) in [6, 6.07) is 11.7. The highest BCUT2D eigenvalue weighted by molar-refractivity contribution is 7.89. The minimum absolute atomic E-state index is 0.0383. The lowest BCUT2D eigenvalue weighted by Crippen LogP contribution is -2.38. The van der Waals surface area contributed by atoms with Crippen LogP contribution < -0.4 is 4.74 Å². The van der Waals surface area contributed by atoms with Gasteiger partial charge in [-0.05, 0) is 81.6 Å². The highest BCUT2D eigenvalue weighted by Crippen LogP contribution is 2.32. The second kappa shape index (κ2) is 10.3. The molecule has 1 aliphatic rings. The number of ether oxygens (including phenoxy) is 1. The summed E-state index contributed by atoms with van der Waals surface area (Å²) < 4.78 is 49.0. The van der Waals surface area contributed by atoms with Crippen molar-refractivity contribution in [3.05, 3.63) is 60.0 Å². The third kappa shape index (κ3) is 5.50. The number of fused-ring (bicyclic) bond motifs is 1. The summed E-state index contributed by atoms with van der Waals surface area (Å²) in [5.41, 5.74) is 2.03. The number of carbonyl (C=O) groups excluding carboxylic acids is 2. The summed E-state index contributed by atoms with van der Waals surface area (Å²) in [6.07, 6.45) is 3.77. The predicted molar refractivity (Wildman–Crippen MR) is 121 cm³/mol. The maximum absolute atomic E-state index is 13.6. The Morgan fingerprint density at radius 2 is 1.67 bits per heavy atom. The van der Waals surface area contributed by atoms with Gasteiger partial charge in [0.25, 0.3) is 0 Å². The van der Waals surface area contributed by atoms with E-state index in [4.69, 9.17) is 14.3 Å². The molecule has 2 heterocycles. The largest absolute Gasteiger partial charge is 0.491 e. The number of benzene rings is 2. The summed E-state index contributed by atoms with van der Waals surface area (Å²) in [5.74, 6) is 0.419. The van der Waals surface area contributed by atoms with E-state index in [0.717, 1.165) is 16.5 Å². The zero-order valence-corrected chi connectivity index (χ0v) is 19.6. The average Bonchev–Trinajstić information content (AvgIpc) is 3.10. The molecule has 0 N–H and O–H groups in total. The Balaban J connectivity index is 0.000000968. The molecular formula is C24H27FN2O5S. The number of nitrogens with zero attached hydrogens (tertiary/aromatic N) is 2. The highest BCUT2D eigenvalue weighted by Gasteiger charge is 2.30. The molecule has 1 fully saturated rings. The lowest BCUT2D eigenvalue weighted by molar-refractivity contribution is -0.191. The molecule has 0 saturated carbocycles. The summed E-state index contributed by atoms with van der Waals surface area (Å²) in [7, 11) is -3.54. The van der Waals surface area contributed by atoms with Crippen molar-refractivity contribution in [1.29, 1.82) is 0 Å². The Hall–Kier alpha value is -3.00. The number of hydrogen-bond acceptors (Lipinski definition) is 5. The molecule has 1 aromatic heterocycles. The first-order valence-electron chi connectivity index (χ1n) is 10.7. The molecule has 0 atom stereocenters. The number of rotatable bonds is 5. The molecule has 0 radical (unpaired) electrons. The van der Waals surface area contributed by atoms with Crippen LogP contribution in [-0.4, -0.2) is 42.6 Å². The van der Waals surface area contributed by atoms with Gasteiger partial charge in [-0.1, -0.05) is 0 Å². The number of halogens is 1. The Morgan fingerprint density at radius 3 is 2.24 bits per heavy atom. The molecule has 0 aliphatic carbocycles. The monoisotopic (exact) mass is 474 g/mol. The van der Waals surface area contributed by atoms with E-state index >= 15 is 0 Å². The van der Waals surface area contributed by atoms with Gasteiger partial charge in [-0.3, -0.25) is 0 Å². The Bertz CT molecular complexity index is 1240. The molecule has 0 unspecified atom stereocenters. The lowest BCUT2D eigenvalue weighted by atomic mass is 10.1. The zero-order valence-electron chi connectivity index (χ0n) is 18.8. The number of piperidine rings is 1. The van der Waals surface area contributed by atoms with Gasteiger partial charge in [0.1, 0.15) is 11.6 Å². The fourth-order valence-corrected chi connectivity index (χ4v) is 5.64. The smallest absolute Gasteiger partial charge is 0.373 e. The Kier molecular flexibility index (Phi) is 7.68. The molecule has 0 bridgehead atoms. The second-order valence-electron chi connectivity index (χ2n) is 8.24. The normalized spacial score (nSPS) is 15.2. The van der Waals surface area contributed by atoms with E-state index in [1.54, 1.807) is 34.6 Å². The molecule has 176 valence electrons. The van der Waals surface area contributed by atoms with Crippen LogP contribution in [0.4, 0.5) is 4.39 Å². The van der Waals surface area contributed by atoms with Crippen molar-refractivity contribution in [1.82, 2.24) is 8.87 Å². The lowest BCUT2D eigenvalue weighted by Gasteiger charge is -2.32. The van der Waals surface area contributed by atoms with Crippen LogP contribution in [0.3, 0.4) is 0 Å². The number of hydrogen-bond donors (Lipinski definition) is 0. The van der Waals surface area contributed by atoms with Crippen LogP contribution in [0.25, 0.3) is 10.9 Å². The van der Waals surface area contributed by atoms with Crippen molar-refractivity contribution in [3.63, 3.8) is 0 Å². The van der Waals surface area contributed by atoms with Gasteiger partial charge in [0.15, 0.2) is 0 Å². The van der Waals surface area contributed by atoms with E-state index in [1.165, 1.54) is 6.07 Å². The van der Waals surface area contributed by atoms with Crippen molar-refractivity contribution in [2.75, 3.05) is 13.1 Å². The van der Waals surface area contributed by atoms with E-state index in [1.807, 2.05) is 33.0 Å². The summed E-state index contributed by atoms with van der Waals surface area (Å²) in [6.45, 7) is 6.75. The third-order valence-corrected chi connectivity index (χ3v) is 7.56. The van der Waals surface area contributed by atoms with Crippen LogP contribution >= 0.6 is 0 Å². The van der Waals surface area contributed by atoms with Crippen LogP contribution in [0.2, 0.25) is 0 Å². The maximum Gasteiger partial charge on any atom is 0.373 e. The van der Waals surface area contributed by atoms with Crippen LogP contribution in [0.1, 0.15) is 38.3 Å². The second-order valence-corrected chi connectivity index (χ2v) is 10.2. The molecule has 9 heteroatoms. The first kappa shape index (κ1) is 24.6. The summed E-state index contributed by atoms with van der Waals surface area (Å²) >= 11 is 0. The van der Waals surface area contributed by atoms with Gasteiger partial charge in [-0.25, -0.2) is 12.8 Å². The van der Waals surface area contributed by atoms with Crippen molar-refractivity contribution >= 4 is 27.1 Å². The molecule has 0 spiro atoms. The molecule has 7 nitrogen and oxygen atoms in total. The Morgan fingerprint density at radius 1 is 1.06 bits per heavy atom. The molecule has 4 rings (SSSR count). The number of aryl methyl sites for hydroxylation is 1. The van der Waals surface area contributed by atoms with Gasteiger partial charge in [-0.2, -0.15) is 13.9 Å². The zero-order chi connectivity index (χ0) is 24.2. The van der Waals surface area contributed by atoms with Gasteiger partial charge < -0.3 is 9.30 Å². The highest BCUT2D eigenvalue weighted by atomic mass is 32.2. The quantitative estimate of drug-likeness (QED) is 0.550. The van der Waals surface area contributed by atoms with Gasteiger partial charge in [0, 0.05) is 36.2 Å². The van der Waals surface area contributed by atoms with Gasteiger partial charge in [0.05, 0.1) is 11.0 Å². The SMILES string of the molecule is Cc1cn(C2CCN(S(=O)(=O)c3ccc(OC(C)C)cc3)CC2)c2ccc(F)cc12.O=C=O. The van der Waals surface area contributed by atoms with Crippen LogP contribution in [0.15, 0.2) is 53.6 Å². The Labute approximate surface area is 192 Å². The summed E-state index contributed by atoms with van der Waals surface area (Å²) in [5, 5.41) is 0.911. The van der Waals surface area contributed by atoms with E-state index in [0.29, 0.717) is 31.7 Å². The van der Waals surface area contributed by atoms with Crippen LogP contribution in [0, 0.1) is 12.7 Å². The van der Waals surface area contributed by atoms with Gasteiger partial charge >= 0.3 is 6.15 Å². The fraction of sp³-hybridized carbons (Fsp3) is 0.375. The molecule has 3 aromatic rings. The van der Waals surface area contributed by atoms with E-state index < -0.39 is 10.0 Å². The predicted octanol–water partition coefficient (Wildman–Crippen LogP) is 4.32. The first-order chi connectivity index (χ1) is 15.7. The van der Waals surface area contributed by atoms with E-state index in [2.05, 4.69) is 4.57 Å².